The number of hydrogen-bond donors (Lipinski definition) is 2. The van der Waals surface area contributed by atoms with Crippen molar-refractivity contribution >= 4 is 17.5 Å². The fourth-order valence-corrected chi connectivity index (χ4v) is 2.66. The summed E-state index contributed by atoms with van der Waals surface area (Å²) in [6, 6.07) is 6.72. The van der Waals surface area contributed by atoms with Crippen LogP contribution in [-0.2, 0) is 4.79 Å². The molecule has 0 radical (unpaired) electrons. The summed E-state index contributed by atoms with van der Waals surface area (Å²) in [7, 11) is 0. The van der Waals surface area contributed by atoms with Crippen LogP contribution in [0, 0.1) is 23.4 Å². The van der Waals surface area contributed by atoms with Crippen molar-refractivity contribution < 1.29 is 22.8 Å². The van der Waals surface area contributed by atoms with Gasteiger partial charge in [-0.15, -0.1) is 0 Å². The lowest BCUT2D eigenvalue weighted by atomic mass is 10.1. The molecule has 1 saturated carbocycles. The number of rotatable bonds is 4. The molecule has 0 aromatic heterocycles. The van der Waals surface area contributed by atoms with Gasteiger partial charge < -0.3 is 11.1 Å². The van der Waals surface area contributed by atoms with Crippen LogP contribution < -0.4 is 11.1 Å². The first-order chi connectivity index (χ1) is 11.4. The minimum atomic E-state index is -0.943. The van der Waals surface area contributed by atoms with E-state index in [1.165, 1.54) is 12.1 Å². The van der Waals surface area contributed by atoms with Gasteiger partial charge in [-0.25, -0.2) is 13.2 Å². The van der Waals surface area contributed by atoms with Crippen LogP contribution in [0.15, 0.2) is 36.4 Å². The molecule has 2 unspecified atom stereocenters. The molecule has 2 aromatic rings. The number of anilines is 1. The molecule has 0 heterocycles. The van der Waals surface area contributed by atoms with Gasteiger partial charge in [-0.05, 0) is 42.2 Å². The predicted molar refractivity (Wildman–Crippen MR) is 80.8 cm³/mol. The average Bonchev–Trinajstić information content (AvgIpc) is 3.29. The maximum absolute atomic E-state index is 13.7. The average molecular weight is 334 g/mol. The van der Waals surface area contributed by atoms with Crippen LogP contribution >= 0.6 is 0 Å². The Hall–Kier alpha value is -2.83. The van der Waals surface area contributed by atoms with Crippen LogP contribution in [0.4, 0.5) is 18.9 Å². The highest BCUT2D eigenvalue weighted by atomic mass is 19.1. The van der Waals surface area contributed by atoms with Crippen LogP contribution in [0.3, 0.4) is 0 Å². The van der Waals surface area contributed by atoms with Gasteiger partial charge in [0, 0.05) is 17.7 Å². The van der Waals surface area contributed by atoms with Crippen LogP contribution in [-0.4, -0.2) is 11.8 Å². The second kappa shape index (κ2) is 5.99. The molecule has 0 aliphatic heterocycles. The first-order valence-corrected chi connectivity index (χ1v) is 7.22. The van der Waals surface area contributed by atoms with Gasteiger partial charge >= 0.3 is 0 Å². The molecule has 2 aromatic carbocycles. The van der Waals surface area contributed by atoms with Gasteiger partial charge in [0.25, 0.3) is 5.91 Å². The van der Waals surface area contributed by atoms with Crippen molar-refractivity contribution in [1.82, 2.24) is 0 Å². The Labute approximate surface area is 135 Å². The number of nitrogens with one attached hydrogen (secondary N) is 1. The molecule has 1 fully saturated rings. The Morgan fingerprint density at radius 2 is 1.79 bits per heavy atom. The van der Waals surface area contributed by atoms with Gasteiger partial charge in [-0.3, -0.25) is 9.59 Å². The van der Waals surface area contributed by atoms with E-state index >= 15 is 0 Å². The summed E-state index contributed by atoms with van der Waals surface area (Å²) in [6.45, 7) is 0. The number of benzene rings is 2. The highest BCUT2D eigenvalue weighted by molar-refractivity contribution is 5.98. The number of halogens is 3. The molecule has 0 saturated heterocycles. The fraction of sp³-hybridized carbons (Fsp3) is 0.176. The van der Waals surface area contributed by atoms with Crippen molar-refractivity contribution in [3.05, 3.63) is 65.0 Å². The van der Waals surface area contributed by atoms with E-state index in [-0.39, 0.29) is 28.6 Å². The minimum Gasteiger partial charge on any atom is -0.366 e. The molecular formula is C17H13F3N2O2. The van der Waals surface area contributed by atoms with Crippen LogP contribution in [0.2, 0.25) is 0 Å². The predicted octanol–water partition coefficient (Wildman–Crippen LogP) is 2.95. The summed E-state index contributed by atoms with van der Waals surface area (Å²) in [5.74, 6) is -4.27. The molecule has 1 aliphatic rings. The maximum Gasteiger partial charge on any atom is 0.251 e. The van der Waals surface area contributed by atoms with Gasteiger partial charge in [0.1, 0.15) is 17.5 Å². The van der Waals surface area contributed by atoms with Crippen molar-refractivity contribution in [2.75, 3.05) is 5.32 Å². The zero-order valence-electron chi connectivity index (χ0n) is 12.4. The summed E-state index contributed by atoms with van der Waals surface area (Å²) in [6.07, 6.45) is 0.429. The Bertz CT molecular complexity index is 839. The Kier molecular flexibility index (Phi) is 4.01. The summed E-state index contributed by atoms with van der Waals surface area (Å²) in [5, 5.41) is 2.55. The van der Waals surface area contributed by atoms with Gasteiger partial charge in [0.05, 0.1) is 5.56 Å². The van der Waals surface area contributed by atoms with E-state index in [4.69, 9.17) is 5.73 Å². The smallest absolute Gasteiger partial charge is 0.251 e. The van der Waals surface area contributed by atoms with Crippen molar-refractivity contribution in [1.29, 1.82) is 0 Å². The third-order valence-corrected chi connectivity index (χ3v) is 3.99. The highest BCUT2D eigenvalue weighted by Crippen LogP contribution is 2.48. The minimum absolute atomic E-state index is 0.223. The molecule has 2 amide bonds. The van der Waals surface area contributed by atoms with E-state index in [0.29, 0.717) is 6.42 Å². The monoisotopic (exact) mass is 334 g/mol. The second-order valence-corrected chi connectivity index (χ2v) is 5.66. The molecule has 3 N–H and O–H groups in total. The number of carbonyl (C=O) groups excluding carboxylic acids is 2. The first-order valence-electron chi connectivity index (χ1n) is 7.22. The molecule has 1 aliphatic carbocycles. The molecule has 3 rings (SSSR count). The zero-order chi connectivity index (χ0) is 17.4. The molecular weight excluding hydrogens is 321 g/mol. The lowest BCUT2D eigenvalue weighted by molar-refractivity contribution is -0.117. The largest absolute Gasteiger partial charge is 0.366 e. The third kappa shape index (κ3) is 3.10. The van der Waals surface area contributed by atoms with Crippen LogP contribution in [0.5, 0.6) is 0 Å². The fourth-order valence-electron chi connectivity index (χ4n) is 2.66. The number of primary amides is 1. The van der Waals surface area contributed by atoms with Crippen LogP contribution in [0.1, 0.15) is 28.3 Å². The normalized spacial score (nSPS) is 19.0. The van der Waals surface area contributed by atoms with E-state index < -0.39 is 29.3 Å². The molecule has 7 heteroatoms. The summed E-state index contributed by atoms with van der Waals surface area (Å²) in [4.78, 5) is 23.3. The number of amides is 2. The van der Waals surface area contributed by atoms with Crippen LogP contribution in [0.25, 0.3) is 0 Å². The first kappa shape index (κ1) is 16.0. The van der Waals surface area contributed by atoms with Gasteiger partial charge in [0.2, 0.25) is 5.91 Å². The summed E-state index contributed by atoms with van der Waals surface area (Å²) < 4.78 is 40.1. The lowest BCUT2D eigenvalue weighted by Gasteiger charge is -2.07. The number of hydrogen-bond acceptors (Lipinski definition) is 2. The van der Waals surface area contributed by atoms with E-state index in [2.05, 4.69) is 5.32 Å². The molecule has 0 bridgehead atoms. The molecule has 0 spiro atoms. The summed E-state index contributed by atoms with van der Waals surface area (Å²) >= 11 is 0. The van der Waals surface area contributed by atoms with E-state index in [1.807, 2.05) is 0 Å². The molecule has 124 valence electrons. The second-order valence-electron chi connectivity index (χ2n) is 5.66. The molecule has 2 atom stereocenters. The topological polar surface area (TPSA) is 72.2 Å². The van der Waals surface area contributed by atoms with E-state index in [1.54, 1.807) is 0 Å². The highest BCUT2D eigenvalue weighted by Gasteiger charge is 2.45. The lowest BCUT2D eigenvalue weighted by Crippen LogP contribution is -2.17. The zero-order valence-corrected chi connectivity index (χ0v) is 12.4. The maximum atomic E-state index is 13.7. The Balaban J connectivity index is 1.71. The SMILES string of the molecule is NC(=O)c1cc(NC(=O)C2CC2c2ccc(F)cc2F)ccc1F. The Morgan fingerprint density at radius 3 is 2.46 bits per heavy atom. The molecule has 4 nitrogen and oxygen atoms in total. The number of carbonyl (C=O) groups is 2. The van der Waals surface area contributed by atoms with Crippen molar-refractivity contribution in [3.63, 3.8) is 0 Å². The van der Waals surface area contributed by atoms with Crippen molar-refractivity contribution in [2.45, 2.75) is 12.3 Å². The van der Waals surface area contributed by atoms with Gasteiger partial charge in [0.15, 0.2) is 0 Å². The van der Waals surface area contributed by atoms with E-state index in [9.17, 15) is 22.8 Å². The molecule has 24 heavy (non-hydrogen) atoms. The van der Waals surface area contributed by atoms with Crippen molar-refractivity contribution in [2.24, 2.45) is 11.7 Å². The van der Waals surface area contributed by atoms with Gasteiger partial charge in [-0.1, -0.05) is 6.07 Å². The standard InChI is InChI=1S/C17H13F3N2O2/c18-8-1-3-10(15(20)5-8)11-7-12(11)17(24)22-9-2-4-14(19)13(6-9)16(21)23/h1-6,11-12H,7H2,(H2,21,23)(H,22,24). The summed E-state index contributed by atoms with van der Waals surface area (Å²) in [5.41, 5.74) is 5.23. The third-order valence-electron chi connectivity index (χ3n) is 3.99. The Morgan fingerprint density at radius 1 is 1.04 bits per heavy atom. The van der Waals surface area contributed by atoms with Crippen molar-refractivity contribution in [3.8, 4) is 0 Å². The van der Waals surface area contributed by atoms with Gasteiger partial charge in [-0.2, -0.15) is 0 Å². The quantitative estimate of drug-likeness (QED) is 0.902. The number of nitrogens with two attached hydrogens (primary N) is 1. The van der Waals surface area contributed by atoms with E-state index in [0.717, 1.165) is 24.3 Å².